The van der Waals surface area contributed by atoms with Gasteiger partial charge in [0, 0.05) is 36.8 Å². The second-order valence-corrected chi connectivity index (χ2v) is 8.10. The molecule has 132 valence electrons. The molecule has 1 aromatic heterocycles. The molecule has 1 amide bonds. The first-order valence-corrected chi connectivity index (χ1v) is 8.87. The van der Waals surface area contributed by atoms with Gasteiger partial charge in [-0.15, -0.1) is 0 Å². The van der Waals surface area contributed by atoms with E-state index in [1.165, 1.54) is 0 Å². The maximum Gasteiger partial charge on any atom is 0.237 e. The Labute approximate surface area is 144 Å². The van der Waals surface area contributed by atoms with Gasteiger partial charge in [-0.1, -0.05) is 20.8 Å². The Bertz CT molecular complexity index is 610. The van der Waals surface area contributed by atoms with Crippen LogP contribution >= 0.6 is 0 Å². The maximum atomic E-state index is 12.7. The number of amides is 1. The number of likely N-dealkylation sites (N-methyl/N-ethyl adjacent to an activating group) is 1. The van der Waals surface area contributed by atoms with Crippen molar-refractivity contribution < 1.29 is 4.79 Å². The van der Waals surface area contributed by atoms with Crippen LogP contribution in [-0.4, -0.2) is 70.3 Å². The van der Waals surface area contributed by atoms with Crippen molar-refractivity contribution in [1.82, 2.24) is 24.7 Å². The molecule has 0 aromatic carbocycles. The predicted octanol–water partition coefficient (Wildman–Crippen LogP) is 1.25. The molecule has 1 saturated heterocycles. The van der Waals surface area contributed by atoms with Crippen LogP contribution in [0.5, 0.6) is 0 Å². The second kappa shape index (κ2) is 6.76. The van der Waals surface area contributed by atoms with Gasteiger partial charge in [0.2, 0.25) is 5.91 Å². The highest BCUT2D eigenvalue weighted by atomic mass is 16.2. The van der Waals surface area contributed by atoms with Crippen molar-refractivity contribution in [3.8, 4) is 0 Å². The number of rotatable bonds is 2. The van der Waals surface area contributed by atoms with E-state index in [0.29, 0.717) is 19.6 Å². The Kier molecular flexibility index (Phi) is 4.88. The Morgan fingerprint density at radius 3 is 2.71 bits per heavy atom. The summed E-state index contributed by atoms with van der Waals surface area (Å²) in [5.41, 5.74) is 2.04. The van der Waals surface area contributed by atoms with Crippen molar-refractivity contribution >= 4 is 5.91 Å². The molecule has 0 unspecified atom stereocenters. The minimum atomic E-state index is -0.0649. The standard InChI is InChI=1S/C18H29N5O/c1-18(2,3)17-19-10-14-11-23(12-15(14)20-17)16(24)13-22-7-5-6-21(4)8-9-22/h10H,5-9,11-13H2,1-4H3. The number of nitrogens with zero attached hydrogens (tertiary/aromatic N) is 5. The molecular formula is C18H29N5O. The Morgan fingerprint density at radius 2 is 1.96 bits per heavy atom. The van der Waals surface area contributed by atoms with Crippen LogP contribution in [0.25, 0.3) is 0 Å². The molecule has 3 rings (SSSR count). The zero-order valence-corrected chi connectivity index (χ0v) is 15.4. The third-order valence-corrected chi connectivity index (χ3v) is 4.85. The molecule has 1 aromatic rings. The van der Waals surface area contributed by atoms with E-state index in [4.69, 9.17) is 4.98 Å². The predicted molar refractivity (Wildman–Crippen MR) is 93.5 cm³/mol. The van der Waals surface area contributed by atoms with Crippen molar-refractivity contribution in [3.63, 3.8) is 0 Å². The summed E-state index contributed by atoms with van der Waals surface area (Å²) in [6, 6.07) is 0. The van der Waals surface area contributed by atoms with Crippen LogP contribution in [0.2, 0.25) is 0 Å². The van der Waals surface area contributed by atoms with E-state index in [2.05, 4.69) is 42.6 Å². The van der Waals surface area contributed by atoms with E-state index in [0.717, 1.165) is 49.7 Å². The zero-order valence-electron chi connectivity index (χ0n) is 15.4. The quantitative estimate of drug-likeness (QED) is 0.816. The van der Waals surface area contributed by atoms with Crippen molar-refractivity contribution in [2.75, 3.05) is 39.8 Å². The van der Waals surface area contributed by atoms with Crippen LogP contribution in [0.1, 0.15) is 44.3 Å². The topological polar surface area (TPSA) is 52.6 Å². The summed E-state index contributed by atoms with van der Waals surface area (Å²) in [7, 11) is 2.15. The molecule has 1 fully saturated rings. The van der Waals surface area contributed by atoms with Gasteiger partial charge in [-0.25, -0.2) is 9.97 Å². The molecule has 0 bridgehead atoms. The Morgan fingerprint density at radius 1 is 1.17 bits per heavy atom. The fourth-order valence-corrected chi connectivity index (χ4v) is 3.24. The smallest absolute Gasteiger partial charge is 0.237 e. The van der Waals surface area contributed by atoms with Gasteiger partial charge in [-0.2, -0.15) is 0 Å². The lowest BCUT2D eigenvalue weighted by Crippen LogP contribution is -2.39. The highest BCUT2D eigenvalue weighted by molar-refractivity contribution is 5.78. The normalized spacial score (nSPS) is 20.1. The van der Waals surface area contributed by atoms with Crippen molar-refractivity contribution in [3.05, 3.63) is 23.3 Å². The summed E-state index contributed by atoms with van der Waals surface area (Å²) in [6.45, 7) is 12.2. The molecule has 0 aliphatic carbocycles. The van der Waals surface area contributed by atoms with Gasteiger partial charge >= 0.3 is 0 Å². The van der Waals surface area contributed by atoms with Crippen molar-refractivity contribution in [2.45, 2.75) is 45.7 Å². The second-order valence-electron chi connectivity index (χ2n) is 8.10. The summed E-state index contributed by atoms with van der Waals surface area (Å²) in [5.74, 6) is 1.06. The van der Waals surface area contributed by atoms with Crippen molar-refractivity contribution in [1.29, 1.82) is 0 Å². The van der Waals surface area contributed by atoms with Crippen LogP contribution in [0.4, 0.5) is 0 Å². The van der Waals surface area contributed by atoms with Gasteiger partial charge in [0.25, 0.3) is 0 Å². The molecule has 2 aliphatic heterocycles. The lowest BCUT2D eigenvalue weighted by atomic mass is 9.95. The van der Waals surface area contributed by atoms with Gasteiger partial charge in [0.1, 0.15) is 5.82 Å². The minimum absolute atomic E-state index is 0.0649. The largest absolute Gasteiger partial charge is 0.331 e. The average Bonchev–Trinajstić information content (AvgIpc) is 2.84. The van der Waals surface area contributed by atoms with Gasteiger partial charge < -0.3 is 9.80 Å². The third-order valence-electron chi connectivity index (χ3n) is 4.85. The SMILES string of the molecule is CN1CCCN(CC(=O)N2Cc3cnc(C(C)(C)C)nc3C2)CC1. The monoisotopic (exact) mass is 331 g/mol. The lowest BCUT2D eigenvalue weighted by molar-refractivity contribution is -0.133. The molecular weight excluding hydrogens is 302 g/mol. The number of aromatic nitrogens is 2. The molecule has 0 atom stereocenters. The lowest BCUT2D eigenvalue weighted by Gasteiger charge is -2.23. The Balaban J connectivity index is 1.61. The highest BCUT2D eigenvalue weighted by Crippen LogP contribution is 2.24. The Hall–Kier alpha value is -1.53. The summed E-state index contributed by atoms with van der Waals surface area (Å²) in [4.78, 5) is 28.4. The van der Waals surface area contributed by atoms with E-state index < -0.39 is 0 Å². The van der Waals surface area contributed by atoms with Gasteiger partial charge in [-0.3, -0.25) is 9.69 Å². The fourth-order valence-electron chi connectivity index (χ4n) is 3.24. The average molecular weight is 331 g/mol. The molecule has 0 radical (unpaired) electrons. The first kappa shape index (κ1) is 17.3. The third kappa shape index (κ3) is 3.92. The van der Waals surface area contributed by atoms with Crippen LogP contribution in [0.3, 0.4) is 0 Å². The van der Waals surface area contributed by atoms with Crippen LogP contribution in [-0.2, 0) is 23.3 Å². The number of carbonyl (C=O) groups is 1. The van der Waals surface area contributed by atoms with E-state index in [-0.39, 0.29) is 11.3 Å². The van der Waals surface area contributed by atoms with Gasteiger partial charge in [-0.05, 0) is 26.6 Å². The molecule has 6 nitrogen and oxygen atoms in total. The maximum absolute atomic E-state index is 12.7. The minimum Gasteiger partial charge on any atom is -0.331 e. The summed E-state index contributed by atoms with van der Waals surface area (Å²) >= 11 is 0. The molecule has 2 aliphatic rings. The van der Waals surface area contributed by atoms with Gasteiger partial charge in [0.05, 0.1) is 18.8 Å². The molecule has 3 heterocycles. The van der Waals surface area contributed by atoms with Crippen LogP contribution in [0.15, 0.2) is 6.20 Å². The number of hydrogen-bond acceptors (Lipinski definition) is 5. The molecule has 0 N–H and O–H groups in total. The molecule has 0 spiro atoms. The van der Waals surface area contributed by atoms with E-state index in [9.17, 15) is 4.79 Å². The van der Waals surface area contributed by atoms with E-state index in [1.807, 2.05) is 11.1 Å². The zero-order chi connectivity index (χ0) is 17.3. The highest BCUT2D eigenvalue weighted by Gasteiger charge is 2.28. The molecule has 24 heavy (non-hydrogen) atoms. The number of fused-ring (bicyclic) bond motifs is 1. The summed E-state index contributed by atoms with van der Waals surface area (Å²) < 4.78 is 0. The first-order valence-electron chi connectivity index (χ1n) is 8.87. The molecule has 0 saturated carbocycles. The first-order chi connectivity index (χ1) is 11.3. The molecule has 6 heteroatoms. The summed E-state index contributed by atoms with van der Waals surface area (Å²) in [5, 5.41) is 0. The summed E-state index contributed by atoms with van der Waals surface area (Å²) in [6.07, 6.45) is 3.03. The van der Waals surface area contributed by atoms with Crippen LogP contribution in [0, 0.1) is 0 Å². The van der Waals surface area contributed by atoms with Crippen LogP contribution < -0.4 is 0 Å². The van der Waals surface area contributed by atoms with Gasteiger partial charge in [0.15, 0.2) is 0 Å². The number of hydrogen-bond donors (Lipinski definition) is 0. The van der Waals surface area contributed by atoms with Crippen molar-refractivity contribution in [2.24, 2.45) is 0 Å². The number of carbonyl (C=O) groups excluding carboxylic acids is 1. The fraction of sp³-hybridized carbons (Fsp3) is 0.722. The van der Waals surface area contributed by atoms with E-state index >= 15 is 0 Å². The van der Waals surface area contributed by atoms with E-state index in [1.54, 1.807) is 0 Å².